The van der Waals surface area contributed by atoms with Gasteiger partial charge in [-0.1, -0.05) is 31.4 Å². The minimum Gasteiger partial charge on any atom is -0.309 e. The maximum Gasteiger partial charge on any atom is 0.108 e. The molecule has 1 aliphatic carbocycles. The number of benzene rings is 1. The summed E-state index contributed by atoms with van der Waals surface area (Å²) < 4.78 is 1.30. The fourth-order valence-corrected chi connectivity index (χ4v) is 5.35. The molecule has 0 spiro atoms. The normalized spacial score (nSPS) is 23.2. The first kappa shape index (κ1) is 16.5. The van der Waals surface area contributed by atoms with Crippen LogP contribution < -0.4 is 5.32 Å². The molecular formula is C20H29N3S. The van der Waals surface area contributed by atoms with Crippen molar-refractivity contribution in [2.24, 2.45) is 5.92 Å². The monoisotopic (exact) mass is 343 g/mol. The van der Waals surface area contributed by atoms with Crippen LogP contribution in [0.4, 0.5) is 0 Å². The van der Waals surface area contributed by atoms with E-state index < -0.39 is 0 Å². The summed E-state index contributed by atoms with van der Waals surface area (Å²) in [6.07, 6.45) is 10.0. The van der Waals surface area contributed by atoms with Crippen LogP contribution >= 0.6 is 11.3 Å². The predicted octanol–water partition coefficient (Wildman–Crippen LogP) is 4.43. The van der Waals surface area contributed by atoms with Crippen LogP contribution in [-0.2, 0) is 6.54 Å². The maximum atomic E-state index is 4.73. The zero-order chi connectivity index (χ0) is 16.2. The molecule has 1 aromatic heterocycles. The van der Waals surface area contributed by atoms with Crippen molar-refractivity contribution in [3.63, 3.8) is 0 Å². The fourth-order valence-electron chi connectivity index (χ4n) is 4.41. The van der Waals surface area contributed by atoms with E-state index in [1.807, 2.05) is 11.3 Å². The SMILES string of the molecule is c1ccc2sc(CNC[C@@H]3CCCN3CC3CCCCC3)nc2c1. The highest BCUT2D eigenvalue weighted by Gasteiger charge is 2.27. The summed E-state index contributed by atoms with van der Waals surface area (Å²) in [5, 5.41) is 4.89. The number of nitrogens with zero attached hydrogens (tertiary/aromatic N) is 2. The van der Waals surface area contributed by atoms with Crippen LogP contribution in [0.3, 0.4) is 0 Å². The van der Waals surface area contributed by atoms with Gasteiger partial charge >= 0.3 is 0 Å². The van der Waals surface area contributed by atoms with Crippen LogP contribution in [0.2, 0.25) is 0 Å². The smallest absolute Gasteiger partial charge is 0.108 e. The Balaban J connectivity index is 1.26. The molecule has 0 bridgehead atoms. The minimum absolute atomic E-state index is 0.737. The van der Waals surface area contributed by atoms with E-state index in [0.717, 1.165) is 30.6 Å². The first-order valence-corrected chi connectivity index (χ1v) is 10.5. The molecule has 0 amide bonds. The van der Waals surface area contributed by atoms with Gasteiger partial charge in [0.2, 0.25) is 0 Å². The number of aromatic nitrogens is 1. The Bertz CT molecular complexity index is 614. The zero-order valence-corrected chi connectivity index (χ0v) is 15.4. The fraction of sp³-hybridized carbons (Fsp3) is 0.650. The molecule has 4 heteroatoms. The summed E-state index contributed by atoms with van der Waals surface area (Å²) in [7, 11) is 0. The van der Waals surface area contributed by atoms with Gasteiger partial charge in [0.25, 0.3) is 0 Å². The molecule has 24 heavy (non-hydrogen) atoms. The zero-order valence-electron chi connectivity index (χ0n) is 14.5. The number of rotatable bonds is 6. The number of fused-ring (bicyclic) bond motifs is 1. The summed E-state index contributed by atoms with van der Waals surface area (Å²) in [6.45, 7) is 4.67. The second kappa shape index (κ2) is 7.94. The number of para-hydroxylation sites is 1. The average molecular weight is 344 g/mol. The summed E-state index contributed by atoms with van der Waals surface area (Å²) in [6, 6.07) is 9.18. The van der Waals surface area contributed by atoms with E-state index in [4.69, 9.17) is 4.98 Å². The Morgan fingerprint density at radius 2 is 1.96 bits per heavy atom. The van der Waals surface area contributed by atoms with Crippen molar-refractivity contribution in [3.8, 4) is 0 Å². The molecule has 2 fully saturated rings. The Morgan fingerprint density at radius 3 is 2.83 bits per heavy atom. The Kier molecular flexibility index (Phi) is 5.46. The highest BCUT2D eigenvalue weighted by atomic mass is 32.1. The molecule has 2 heterocycles. The lowest BCUT2D eigenvalue weighted by atomic mass is 9.89. The van der Waals surface area contributed by atoms with Crippen molar-refractivity contribution in [3.05, 3.63) is 29.3 Å². The van der Waals surface area contributed by atoms with Crippen LogP contribution in [0, 0.1) is 5.92 Å². The molecule has 0 radical (unpaired) electrons. The molecule has 1 aliphatic heterocycles. The third kappa shape index (κ3) is 3.98. The molecule has 1 atom stereocenters. The van der Waals surface area contributed by atoms with E-state index in [1.165, 1.54) is 67.7 Å². The minimum atomic E-state index is 0.737. The molecule has 3 nitrogen and oxygen atoms in total. The first-order chi connectivity index (χ1) is 11.9. The summed E-state index contributed by atoms with van der Waals surface area (Å²) in [5.74, 6) is 0.962. The number of nitrogens with one attached hydrogen (secondary N) is 1. The van der Waals surface area contributed by atoms with E-state index >= 15 is 0 Å². The van der Waals surface area contributed by atoms with Crippen molar-refractivity contribution < 1.29 is 0 Å². The van der Waals surface area contributed by atoms with Crippen LogP contribution in [0.5, 0.6) is 0 Å². The molecular weight excluding hydrogens is 314 g/mol. The maximum absolute atomic E-state index is 4.73. The molecule has 1 saturated heterocycles. The lowest BCUT2D eigenvalue weighted by Crippen LogP contribution is -2.40. The number of hydrogen-bond donors (Lipinski definition) is 1. The number of hydrogen-bond acceptors (Lipinski definition) is 4. The van der Waals surface area contributed by atoms with Crippen LogP contribution in [0.15, 0.2) is 24.3 Å². The van der Waals surface area contributed by atoms with Crippen molar-refractivity contribution in [1.29, 1.82) is 0 Å². The molecule has 2 aromatic rings. The van der Waals surface area contributed by atoms with Gasteiger partial charge in [0.15, 0.2) is 0 Å². The number of thiazole rings is 1. The summed E-state index contributed by atoms with van der Waals surface area (Å²) >= 11 is 1.82. The van der Waals surface area contributed by atoms with E-state index in [-0.39, 0.29) is 0 Å². The Morgan fingerprint density at radius 1 is 1.08 bits per heavy atom. The molecule has 1 aromatic carbocycles. The van der Waals surface area contributed by atoms with Gasteiger partial charge in [-0.15, -0.1) is 11.3 Å². The third-order valence-electron chi connectivity index (χ3n) is 5.71. The van der Waals surface area contributed by atoms with Crippen LogP contribution in [-0.4, -0.2) is 35.6 Å². The predicted molar refractivity (Wildman–Crippen MR) is 102 cm³/mol. The van der Waals surface area contributed by atoms with Gasteiger partial charge in [-0.25, -0.2) is 4.98 Å². The molecule has 1 N–H and O–H groups in total. The van der Waals surface area contributed by atoms with Gasteiger partial charge in [-0.3, -0.25) is 4.90 Å². The average Bonchev–Trinajstić information content (AvgIpc) is 3.22. The largest absolute Gasteiger partial charge is 0.309 e. The van der Waals surface area contributed by atoms with Gasteiger partial charge in [-0.05, 0) is 50.3 Å². The lowest BCUT2D eigenvalue weighted by Gasteiger charge is -2.31. The van der Waals surface area contributed by atoms with E-state index in [9.17, 15) is 0 Å². The van der Waals surface area contributed by atoms with Crippen LogP contribution in [0.1, 0.15) is 50.0 Å². The quantitative estimate of drug-likeness (QED) is 0.841. The second-order valence-corrected chi connectivity index (χ2v) is 8.62. The second-order valence-electron chi connectivity index (χ2n) is 7.50. The van der Waals surface area contributed by atoms with Gasteiger partial charge in [0.05, 0.1) is 10.2 Å². The highest BCUT2D eigenvalue weighted by molar-refractivity contribution is 7.18. The van der Waals surface area contributed by atoms with E-state index in [0.29, 0.717) is 0 Å². The topological polar surface area (TPSA) is 28.2 Å². The van der Waals surface area contributed by atoms with Crippen molar-refractivity contribution in [2.45, 2.75) is 57.5 Å². The Hall–Kier alpha value is -0.970. The Labute approximate surface area is 149 Å². The van der Waals surface area contributed by atoms with Crippen molar-refractivity contribution in [2.75, 3.05) is 19.6 Å². The number of likely N-dealkylation sites (tertiary alicyclic amines) is 1. The van der Waals surface area contributed by atoms with Crippen LogP contribution in [0.25, 0.3) is 10.2 Å². The summed E-state index contributed by atoms with van der Waals surface area (Å²) in [5.41, 5.74) is 1.14. The van der Waals surface area contributed by atoms with Crippen molar-refractivity contribution in [1.82, 2.24) is 15.2 Å². The summed E-state index contributed by atoms with van der Waals surface area (Å²) in [4.78, 5) is 7.50. The van der Waals surface area contributed by atoms with Gasteiger partial charge < -0.3 is 5.32 Å². The standard InChI is InChI=1S/C20H29N3S/c1-2-7-16(8-3-1)15-23-12-6-9-17(23)13-21-14-20-22-18-10-4-5-11-19(18)24-20/h4-5,10-11,16-17,21H,1-3,6-9,12-15H2/t17-/m0/s1. The highest BCUT2D eigenvalue weighted by Crippen LogP contribution is 2.27. The molecule has 0 unspecified atom stereocenters. The molecule has 1 saturated carbocycles. The van der Waals surface area contributed by atoms with E-state index in [1.54, 1.807) is 0 Å². The lowest BCUT2D eigenvalue weighted by molar-refractivity contribution is 0.184. The van der Waals surface area contributed by atoms with Gasteiger partial charge in [0.1, 0.15) is 5.01 Å². The molecule has 2 aliphatic rings. The first-order valence-electron chi connectivity index (χ1n) is 9.68. The van der Waals surface area contributed by atoms with E-state index in [2.05, 4.69) is 34.5 Å². The molecule has 130 valence electrons. The van der Waals surface area contributed by atoms with Crippen molar-refractivity contribution >= 4 is 21.6 Å². The van der Waals surface area contributed by atoms with Gasteiger partial charge in [-0.2, -0.15) is 0 Å². The van der Waals surface area contributed by atoms with Gasteiger partial charge in [0, 0.05) is 25.7 Å². The third-order valence-corrected chi connectivity index (χ3v) is 6.75. The molecule has 4 rings (SSSR count).